The standard InChI is InChI=1S/C16H22FNO2/c1-10-4-11(2)12(3)18(8-10)9-13-5-14(16(19)20)7-15(17)6-13/h5-7,10-12H,4,8-9H2,1-3H3,(H,19,20). The zero-order chi connectivity index (χ0) is 14.9. The first-order chi connectivity index (χ1) is 9.36. The van der Waals surface area contributed by atoms with Gasteiger partial charge in [-0.05, 0) is 48.9 Å². The fourth-order valence-electron chi connectivity index (χ4n) is 3.14. The van der Waals surface area contributed by atoms with Crippen molar-refractivity contribution in [1.29, 1.82) is 0 Å². The van der Waals surface area contributed by atoms with Crippen LogP contribution in [-0.4, -0.2) is 28.6 Å². The summed E-state index contributed by atoms with van der Waals surface area (Å²) in [5.41, 5.74) is 0.751. The fraction of sp³-hybridized carbons (Fsp3) is 0.562. The third kappa shape index (κ3) is 3.37. The minimum absolute atomic E-state index is 0.0192. The fourth-order valence-corrected chi connectivity index (χ4v) is 3.14. The Bertz CT molecular complexity index is 503. The van der Waals surface area contributed by atoms with E-state index in [1.165, 1.54) is 12.5 Å². The molecule has 2 rings (SSSR count). The molecular weight excluding hydrogens is 257 g/mol. The highest BCUT2D eigenvalue weighted by Crippen LogP contribution is 2.28. The summed E-state index contributed by atoms with van der Waals surface area (Å²) in [6, 6.07) is 4.50. The van der Waals surface area contributed by atoms with Gasteiger partial charge in [0.1, 0.15) is 5.82 Å². The van der Waals surface area contributed by atoms with Gasteiger partial charge in [0.15, 0.2) is 0 Å². The van der Waals surface area contributed by atoms with E-state index < -0.39 is 11.8 Å². The number of halogens is 1. The summed E-state index contributed by atoms with van der Waals surface area (Å²) in [5.74, 6) is -0.343. The summed E-state index contributed by atoms with van der Waals surface area (Å²) < 4.78 is 13.5. The largest absolute Gasteiger partial charge is 0.478 e. The molecule has 1 saturated heterocycles. The van der Waals surface area contributed by atoms with Gasteiger partial charge in [-0.3, -0.25) is 4.90 Å². The van der Waals surface area contributed by atoms with Crippen molar-refractivity contribution in [3.05, 3.63) is 35.1 Å². The zero-order valence-corrected chi connectivity index (χ0v) is 12.3. The first kappa shape index (κ1) is 15.0. The number of hydrogen-bond acceptors (Lipinski definition) is 2. The van der Waals surface area contributed by atoms with Crippen LogP contribution in [0, 0.1) is 17.7 Å². The SMILES string of the molecule is CC1CC(C)C(C)N(Cc2cc(F)cc(C(=O)O)c2)C1. The Morgan fingerprint density at radius 3 is 2.70 bits per heavy atom. The van der Waals surface area contributed by atoms with Crippen LogP contribution < -0.4 is 0 Å². The zero-order valence-electron chi connectivity index (χ0n) is 12.3. The van der Waals surface area contributed by atoms with Crippen molar-refractivity contribution in [1.82, 2.24) is 4.90 Å². The van der Waals surface area contributed by atoms with Gasteiger partial charge in [0.05, 0.1) is 5.56 Å². The molecule has 3 atom stereocenters. The molecule has 0 saturated carbocycles. The van der Waals surface area contributed by atoms with Crippen molar-refractivity contribution in [2.24, 2.45) is 11.8 Å². The van der Waals surface area contributed by atoms with Crippen LogP contribution in [0.3, 0.4) is 0 Å². The van der Waals surface area contributed by atoms with Crippen molar-refractivity contribution in [3.63, 3.8) is 0 Å². The van der Waals surface area contributed by atoms with Gasteiger partial charge in [-0.15, -0.1) is 0 Å². The van der Waals surface area contributed by atoms with Gasteiger partial charge in [-0.25, -0.2) is 9.18 Å². The summed E-state index contributed by atoms with van der Waals surface area (Å²) in [7, 11) is 0. The lowest BCUT2D eigenvalue weighted by Gasteiger charge is -2.41. The average molecular weight is 279 g/mol. The summed E-state index contributed by atoms with van der Waals surface area (Å²) in [5, 5.41) is 9.00. The number of piperidine rings is 1. The van der Waals surface area contributed by atoms with E-state index in [0.717, 1.165) is 18.2 Å². The van der Waals surface area contributed by atoms with Crippen molar-refractivity contribution in [2.45, 2.75) is 39.8 Å². The first-order valence-electron chi connectivity index (χ1n) is 7.13. The van der Waals surface area contributed by atoms with Gasteiger partial charge in [-0.1, -0.05) is 13.8 Å². The quantitative estimate of drug-likeness (QED) is 0.922. The monoisotopic (exact) mass is 279 g/mol. The Hall–Kier alpha value is -1.42. The summed E-state index contributed by atoms with van der Waals surface area (Å²) in [4.78, 5) is 13.3. The molecule has 20 heavy (non-hydrogen) atoms. The molecule has 3 unspecified atom stereocenters. The predicted octanol–water partition coefficient (Wildman–Crippen LogP) is 3.39. The van der Waals surface area contributed by atoms with Crippen LogP contribution in [-0.2, 0) is 6.54 Å². The normalized spacial score (nSPS) is 27.5. The number of carboxylic acid groups (broad SMARTS) is 1. The van der Waals surface area contributed by atoms with Gasteiger partial charge in [0.25, 0.3) is 0 Å². The molecule has 1 heterocycles. The summed E-state index contributed by atoms with van der Waals surface area (Å²) >= 11 is 0. The Balaban J connectivity index is 2.18. The Kier molecular flexibility index (Phi) is 4.43. The smallest absolute Gasteiger partial charge is 0.335 e. The highest BCUT2D eigenvalue weighted by Gasteiger charge is 2.28. The van der Waals surface area contributed by atoms with E-state index >= 15 is 0 Å². The van der Waals surface area contributed by atoms with Gasteiger partial charge in [0.2, 0.25) is 0 Å². The van der Waals surface area contributed by atoms with Gasteiger partial charge >= 0.3 is 5.97 Å². The van der Waals surface area contributed by atoms with Crippen LogP contribution in [0.5, 0.6) is 0 Å². The molecule has 1 aliphatic heterocycles. The molecule has 0 radical (unpaired) electrons. The van der Waals surface area contributed by atoms with Gasteiger partial charge in [0, 0.05) is 19.1 Å². The summed E-state index contributed by atoms with van der Waals surface area (Å²) in [6.07, 6.45) is 1.21. The highest BCUT2D eigenvalue weighted by atomic mass is 19.1. The summed E-state index contributed by atoms with van der Waals surface area (Å²) in [6.45, 7) is 8.23. The number of rotatable bonds is 3. The highest BCUT2D eigenvalue weighted by molar-refractivity contribution is 5.87. The molecule has 1 aromatic carbocycles. The number of carboxylic acids is 1. The molecule has 110 valence electrons. The lowest BCUT2D eigenvalue weighted by atomic mass is 9.85. The van der Waals surface area contributed by atoms with Crippen LogP contribution >= 0.6 is 0 Å². The molecular formula is C16H22FNO2. The molecule has 0 aliphatic carbocycles. The third-order valence-electron chi connectivity index (χ3n) is 4.31. The van der Waals surface area contributed by atoms with Crippen LogP contribution in [0.2, 0.25) is 0 Å². The molecule has 1 aromatic rings. The molecule has 4 heteroatoms. The minimum atomic E-state index is -1.08. The number of likely N-dealkylation sites (tertiary alicyclic amines) is 1. The second kappa shape index (κ2) is 5.92. The number of benzene rings is 1. The number of hydrogen-bond donors (Lipinski definition) is 1. The Labute approximate surface area is 119 Å². The number of nitrogens with zero attached hydrogens (tertiary/aromatic N) is 1. The molecule has 1 aliphatic rings. The van der Waals surface area contributed by atoms with Crippen LogP contribution in [0.1, 0.15) is 43.1 Å². The Morgan fingerprint density at radius 2 is 2.05 bits per heavy atom. The van der Waals surface area contributed by atoms with Crippen LogP contribution in [0.4, 0.5) is 4.39 Å². The predicted molar refractivity (Wildman–Crippen MR) is 76.2 cm³/mol. The lowest BCUT2D eigenvalue weighted by molar-refractivity contribution is 0.0690. The van der Waals surface area contributed by atoms with E-state index in [1.807, 2.05) is 0 Å². The lowest BCUT2D eigenvalue weighted by Crippen LogP contribution is -2.45. The molecule has 1 N–H and O–H groups in total. The second-order valence-corrected chi connectivity index (χ2v) is 6.14. The van der Waals surface area contributed by atoms with E-state index in [0.29, 0.717) is 24.4 Å². The minimum Gasteiger partial charge on any atom is -0.478 e. The second-order valence-electron chi connectivity index (χ2n) is 6.14. The topological polar surface area (TPSA) is 40.5 Å². The van der Waals surface area contributed by atoms with E-state index in [1.54, 1.807) is 6.07 Å². The molecule has 0 bridgehead atoms. The van der Waals surface area contributed by atoms with Crippen LogP contribution in [0.15, 0.2) is 18.2 Å². The Morgan fingerprint density at radius 1 is 1.35 bits per heavy atom. The van der Waals surface area contributed by atoms with E-state index in [4.69, 9.17) is 5.11 Å². The number of aromatic carboxylic acids is 1. The van der Waals surface area contributed by atoms with Crippen LogP contribution in [0.25, 0.3) is 0 Å². The van der Waals surface area contributed by atoms with Crippen molar-refractivity contribution >= 4 is 5.97 Å². The van der Waals surface area contributed by atoms with E-state index in [-0.39, 0.29) is 5.56 Å². The molecule has 3 nitrogen and oxygen atoms in total. The molecule has 0 aromatic heterocycles. The third-order valence-corrected chi connectivity index (χ3v) is 4.31. The van der Waals surface area contributed by atoms with Gasteiger partial charge < -0.3 is 5.11 Å². The molecule has 0 spiro atoms. The molecule has 1 fully saturated rings. The van der Waals surface area contributed by atoms with Crippen molar-refractivity contribution < 1.29 is 14.3 Å². The molecule has 0 amide bonds. The van der Waals surface area contributed by atoms with Gasteiger partial charge in [-0.2, -0.15) is 0 Å². The first-order valence-corrected chi connectivity index (χ1v) is 7.13. The van der Waals surface area contributed by atoms with Crippen molar-refractivity contribution in [2.75, 3.05) is 6.54 Å². The van der Waals surface area contributed by atoms with E-state index in [2.05, 4.69) is 25.7 Å². The van der Waals surface area contributed by atoms with Crippen molar-refractivity contribution in [3.8, 4) is 0 Å². The maximum atomic E-state index is 13.5. The maximum absolute atomic E-state index is 13.5. The average Bonchev–Trinajstić information content (AvgIpc) is 2.34. The number of carbonyl (C=O) groups is 1. The maximum Gasteiger partial charge on any atom is 0.335 e. The van der Waals surface area contributed by atoms with E-state index in [9.17, 15) is 9.18 Å².